The monoisotopic (exact) mass is 370 g/mol. The summed E-state index contributed by atoms with van der Waals surface area (Å²) in [6.45, 7) is 7.99. The van der Waals surface area contributed by atoms with Crippen LogP contribution in [-0.4, -0.2) is 45.9 Å². The van der Waals surface area contributed by atoms with Gasteiger partial charge in [0.1, 0.15) is 0 Å². The molecule has 0 atom stereocenters. The average molecular weight is 371 g/mol. The van der Waals surface area contributed by atoms with Gasteiger partial charge in [-0.2, -0.15) is 0 Å². The summed E-state index contributed by atoms with van der Waals surface area (Å²) < 4.78 is 0. The topological polar surface area (TPSA) is 40.5 Å². The summed E-state index contributed by atoms with van der Waals surface area (Å²) in [5.74, 6) is 1.65. The second kappa shape index (κ2) is 6.96. The number of rotatable bonds is 9. The van der Waals surface area contributed by atoms with E-state index in [0.717, 1.165) is 36.2 Å². The van der Waals surface area contributed by atoms with E-state index in [1.165, 1.54) is 0 Å². The zero-order valence-electron chi connectivity index (χ0n) is 11.7. The predicted octanol–water partition coefficient (Wildman–Crippen LogP) is 4.97. The van der Waals surface area contributed by atoms with Crippen LogP contribution < -0.4 is 0 Å². The number of hydrogen-bond acceptors (Lipinski definition) is 6. The normalized spacial score (nSPS) is 17.8. The van der Waals surface area contributed by atoms with Gasteiger partial charge in [-0.05, 0) is 0 Å². The standard InChI is InChI=1S/C10H28O2P2S4/c1-5-13(11,15,6-2)17-9-10-18-14(12,16,7-3)8-4/h11-12,15-16H,5-10H2,1-4H3. The summed E-state index contributed by atoms with van der Waals surface area (Å²) in [5.41, 5.74) is 0. The fourth-order valence-electron chi connectivity index (χ4n) is 1.31. The van der Waals surface area contributed by atoms with E-state index in [-0.39, 0.29) is 0 Å². The van der Waals surface area contributed by atoms with E-state index >= 15 is 0 Å². The van der Waals surface area contributed by atoms with Crippen molar-refractivity contribution in [2.24, 2.45) is 0 Å². The van der Waals surface area contributed by atoms with E-state index in [0.29, 0.717) is 0 Å². The van der Waals surface area contributed by atoms with Crippen LogP contribution in [0.15, 0.2) is 0 Å². The molecule has 0 aromatic rings. The van der Waals surface area contributed by atoms with Crippen LogP contribution in [0.3, 0.4) is 0 Å². The Bertz CT molecular complexity index is 243. The molecule has 0 saturated heterocycles. The van der Waals surface area contributed by atoms with Crippen molar-refractivity contribution in [2.45, 2.75) is 27.7 Å². The van der Waals surface area contributed by atoms with E-state index < -0.39 is 10.5 Å². The summed E-state index contributed by atoms with van der Waals surface area (Å²) in [7, 11) is 0. The molecule has 0 spiro atoms. The number of hydrogen-bond donors (Lipinski definition) is 4. The van der Waals surface area contributed by atoms with Gasteiger partial charge in [0, 0.05) is 0 Å². The van der Waals surface area contributed by atoms with Crippen molar-refractivity contribution < 1.29 is 9.79 Å². The van der Waals surface area contributed by atoms with Crippen molar-refractivity contribution in [3.63, 3.8) is 0 Å². The van der Waals surface area contributed by atoms with Crippen molar-refractivity contribution in [1.29, 1.82) is 0 Å². The van der Waals surface area contributed by atoms with Crippen molar-refractivity contribution in [1.82, 2.24) is 0 Å². The van der Waals surface area contributed by atoms with Gasteiger partial charge in [-0.3, -0.25) is 0 Å². The van der Waals surface area contributed by atoms with E-state index in [9.17, 15) is 9.79 Å². The number of thiol groups is 2. The average Bonchev–Trinajstić information content (AvgIpc) is 2.36. The molecule has 0 aliphatic rings. The Hall–Kier alpha value is 2.18. The van der Waals surface area contributed by atoms with Gasteiger partial charge in [0.25, 0.3) is 0 Å². The first-order valence-corrected chi connectivity index (χ1v) is 16.9. The van der Waals surface area contributed by atoms with Crippen LogP contribution in [0.5, 0.6) is 0 Å². The predicted molar refractivity (Wildman–Crippen MR) is 103 cm³/mol. The van der Waals surface area contributed by atoms with E-state index in [1.54, 1.807) is 22.8 Å². The second-order valence-electron chi connectivity index (χ2n) is 4.53. The summed E-state index contributed by atoms with van der Waals surface area (Å²) >= 11 is 12.3. The molecule has 8 heteroatoms. The van der Waals surface area contributed by atoms with E-state index in [2.05, 4.69) is 24.5 Å². The van der Waals surface area contributed by atoms with Gasteiger partial charge in [0.05, 0.1) is 0 Å². The fraction of sp³-hybridized carbons (Fsp3) is 1.00. The van der Waals surface area contributed by atoms with Crippen LogP contribution in [0.4, 0.5) is 0 Å². The molecule has 0 aliphatic heterocycles. The van der Waals surface area contributed by atoms with Crippen LogP contribution in [0.25, 0.3) is 0 Å². The maximum absolute atomic E-state index is 10.6. The third kappa shape index (κ3) is 6.30. The molecule has 0 aromatic carbocycles. The first kappa shape index (κ1) is 20.2. The van der Waals surface area contributed by atoms with Gasteiger partial charge < -0.3 is 0 Å². The third-order valence-electron chi connectivity index (χ3n) is 3.40. The molecule has 0 rings (SSSR count). The van der Waals surface area contributed by atoms with Crippen LogP contribution in [-0.2, 0) is 0 Å². The Balaban J connectivity index is 4.31. The minimum absolute atomic E-state index is 0.728. The van der Waals surface area contributed by atoms with Gasteiger partial charge in [-0.1, -0.05) is 0 Å². The molecule has 18 heavy (non-hydrogen) atoms. The van der Waals surface area contributed by atoms with Gasteiger partial charge in [0.2, 0.25) is 0 Å². The molecule has 0 fully saturated rings. The van der Waals surface area contributed by atoms with E-state index in [4.69, 9.17) is 0 Å². The van der Waals surface area contributed by atoms with Gasteiger partial charge in [0.15, 0.2) is 0 Å². The fourth-order valence-corrected chi connectivity index (χ4v) is 11.9. The summed E-state index contributed by atoms with van der Waals surface area (Å²) in [6, 6.07) is 0. The van der Waals surface area contributed by atoms with E-state index in [1.807, 2.05) is 27.7 Å². The van der Waals surface area contributed by atoms with Gasteiger partial charge in [-0.15, -0.1) is 0 Å². The summed E-state index contributed by atoms with van der Waals surface area (Å²) in [5, 5.41) is -5.60. The molecule has 0 aromatic heterocycles. The van der Waals surface area contributed by atoms with Crippen molar-refractivity contribution in [3.8, 4) is 0 Å². The van der Waals surface area contributed by atoms with Gasteiger partial charge >= 0.3 is 131 Å². The van der Waals surface area contributed by atoms with Crippen LogP contribution in [0.1, 0.15) is 27.7 Å². The molecule has 0 radical (unpaired) electrons. The van der Waals surface area contributed by atoms with Crippen LogP contribution in [0, 0.1) is 0 Å². The second-order valence-corrected chi connectivity index (χ2v) is 27.6. The SMILES string of the molecule is CCP(O)(S)(CC)SCCSP(O)(S)(CC)CC. The molecule has 0 aliphatic carbocycles. The third-order valence-corrected chi connectivity index (χ3v) is 24.0. The zero-order chi connectivity index (χ0) is 14.6. The molecule has 2 nitrogen and oxygen atoms in total. The Labute approximate surface area is 131 Å². The Morgan fingerprint density at radius 2 is 0.944 bits per heavy atom. The van der Waals surface area contributed by atoms with Crippen molar-refractivity contribution in [3.05, 3.63) is 0 Å². The molecule has 0 saturated carbocycles. The molecular formula is C10H28O2P2S4. The first-order chi connectivity index (χ1) is 8.01. The van der Waals surface area contributed by atoms with Crippen LogP contribution >= 0.6 is 57.7 Å². The van der Waals surface area contributed by atoms with Crippen LogP contribution in [0.2, 0.25) is 0 Å². The zero-order valence-corrected chi connectivity index (χ0v) is 17.0. The van der Waals surface area contributed by atoms with Crippen molar-refractivity contribution in [2.75, 3.05) is 36.2 Å². The summed E-state index contributed by atoms with van der Waals surface area (Å²) in [4.78, 5) is 21.2. The molecule has 2 N–H and O–H groups in total. The quantitative estimate of drug-likeness (QED) is 0.263. The Kier molecular flexibility index (Phi) is 7.80. The molecule has 0 amide bonds. The maximum atomic E-state index is 10.6. The molecule has 114 valence electrons. The molecule has 0 bridgehead atoms. The molecule has 0 unspecified atom stereocenters. The first-order valence-electron chi connectivity index (χ1n) is 6.34. The Morgan fingerprint density at radius 3 is 1.11 bits per heavy atom. The summed E-state index contributed by atoms with van der Waals surface area (Å²) in [6.07, 6.45) is 2.91. The van der Waals surface area contributed by atoms with Crippen molar-refractivity contribution >= 4 is 57.7 Å². The molecular weight excluding hydrogens is 342 g/mol. The van der Waals surface area contributed by atoms with Gasteiger partial charge in [-0.25, -0.2) is 0 Å². The molecule has 0 heterocycles. The Morgan fingerprint density at radius 1 is 0.722 bits per heavy atom. The minimum atomic E-state index is -2.80.